The predicted octanol–water partition coefficient (Wildman–Crippen LogP) is 6.13. The van der Waals surface area contributed by atoms with Crippen molar-refractivity contribution in [3.8, 4) is 0 Å². The molecule has 0 fully saturated rings. The highest BCUT2D eigenvalue weighted by atomic mass is 32.1. The Labute approximate surface area is 197 Å². The number of unbranched alkanes of at least 4 members (excludes halogenated alkanes) is 4. The molecule has 0 saturated carbocycles. The van der Waals surface area contributed by atoms with E-state index in [0.29, 0.717) is 13.0 Å². The van der Waals surface area contributed by atoms with Crippen LogP contribution in [-0.2, 0) is 16.0 Å². The number of thiophene rings is 1. The molecule has 1 aliphatic rings. The summed E-state index contributed by atoms with van der Waals surface area (Å²) in [6.07, 6.45) is 7.01. The Balaban J connectivity index is 1.73. The second-order valence-electron chi connectivity index (χ2n) is 9.23. The Morgan fingerprint density at radius 1 is 1.09 bits per heavy atom. The second kappa shape index (κ2) is 11.6. The molecular weight excluding hydrogens is 416 g/mol. The summed E-state index contributed by atoms with van der Waals surface area (Å²) in [6, 6.07) is 10.6. The van der Waals surface area contributed by atoms with E-state index < -0.39 is 0 Å². The van der Waals surface area contributed by atoms with Gasteiger partial charge in [0.15, 0.2) is 0 Å². The van der Waals surface area contributed by atoms with Crippen molar-refractivity contribution in [1.82, 2.24) is 9.80 Å². The number of nitrogens with zero attached hydrogens (tertiary/aromatic N) is 2. The number of hydrogen-bond donors (Lipinski definition) is 0. The lowest BCUT2D eigenvalue weighted by atomic mass is 9.92. The fourth-order valence-corrected chi connectivity index (χ4v) is 5.42. The predicted molar refractivity (Wildman–Crippen MR) is 133 cm³/mol. The first-order valence-electron chi connectivity index (χ1n) is 12.1. The van der Waals surface area contributed by atoms with E-state index >= 15 is 0 Å². The number of benzene rings is 1. The molecule has 0 bridgehead atoms. The topological polar surface area (TPSA) is 40.6 Å². The van der Waals surface area contributed by atoms with Crippen LogP contribution in [-0.4, -0.2) is 40.7 Å². The van der Waals surface area contributed by atoms with Crippen molar-refractivity contribution >= 4 is 23.2 Å². The van der Waals surface area contributed by atoms with E-state index in [2.05, 4.69) is 49.6 Å². The Bertz CT molecular complexity index is 887. The highest BCUT2D eigenvalue weighted by molar-refractivity contribution is 7.10. The first kappa shape index (κ1) is 24.5. The van der Waals surface area contributed by atoms with Crippen LogP contribution in [0, 0.1) is 6.92 Å². The van der Waals surface area contributed by atoms with Crippen LogP contribution in [0.3, 0.4) is 0 Å². The van der Waals surface area contributed by atoms with Gasteiger partial charge in [-0.1, -0.05) is 62.4 Å². The average molecular weight is 455 g/mol. The fraction of sp³-hybridized carbons (Fsp3) is 0.556. The largest absolute Gasteiger partial charge is 0.331 e. The number of aryl methyl sites for hydroxylation is 1. The van der Waals surface area contributed by atoms with Crippen molar-refractivity contribution < 1.29 is 9.59 Å². The molecule has 0 spiro atoms. The van der Waals surface area contributed by atoms with E-state index in [0.717, 1.165) is 24.8 Å². The molecule has 32 heavy (non-hydrogen) atoms. The van der Waals surface area contributed by atoms with Crippen LogP contribution in [0.5, 0.6) is 0 Å². The number of hydrogen-bond acceptors (Lipinski definition) is 3. The van der Waals surface area contributed by atoms with Gasteiger partial charge in [0.25, 0.3) is 0 Å². The lowest BCUT2D eigenvalue weighted by molar-refractivity contribution is -0.143. The van der Waals surface area contributed by atoms with Gasteiger partial charge in [-0.25, -0.2) is 0 Å². The van der Waals surface area contributed by atoms with E-state index in [-0.39, 0.29) is 30.4 Å². The molecule has 1 aromatic carbocycles. The Kier molecular flexibility index (Phi) is 8.92. The van der Waals surface area contributed by atoms with Crippen molar-refractivity contribution in [2.75, 3.05) is 13.1 Å². The van der Waals surface area contributed by atoms with Crippen molar-refractivity contribution in [2.45, 2.75) is 84.7 Å². The van der Waals surface area contributed by atoms with Crippen LogP contribution >= 0.6 is 11.3 Å². The normalized spacial score (nSPS) is 15.7. The van der Waals surface area contributed by atoms with Gasteiger partial charge >= 0.3 is 0 Å². The molecule has 0 N–H and O–H groups in total. The maximum atomic E-state index is 13.6. The Morgan fingerprint density at radius 2 is 1.81 bits per heavy atom. The SMILES string of the molecule is CCCCCCCC(=O)N(CC(=O)N1CCc2sccc2C1c1ccc(C)cc1)C(C)C. The van der Waals surface area contributed by atoms with Crippen molar-refractivity contribution in [2.24, 2.45) is 0 Å². The van der Waals surface area contributed by atoms with Crippen molar-refractivity contribution in [3.05, 3.63) is 57.3 Å². The lowest BCUT2D eigenvalue weighted by Gasteiger charge is -2.38. The van der Waals surface area contributed by atoms with Crippen LogP contribution in [0.1, 0.15) is 86.9 Å². The molecular formula is C27H38N2O2S. The number of rotatable bonds is 10. The molecule has 0 aliphatic carbocycles. The monoisotopic (exact) mass is 454 g/mol. The summed E-state index contributed by atoms with van der Waals surface area (Å²) in [6.45, 7) is 9.15. The van der Waals surface area contributed by atoms with Crippen LogP contribution in [0.2, 0.25) is 0 Å². The fourth-order valence-electron chi connectivity index (χ4n) is 4.51. The Morgan fingerprint density at radius 3 is 2.50 bits per heavy atom. The summed E-state index contributed by atoms with van der Waals surface area (Å²) in [5, 5.41) is 2.13. The summed E-state index contributed by atoms with van der Waals surface area (Å²) in [4.78, 5) is 31.6. The quantitative estimate of drug-likeness (QED) is 0.405. The molecule has 1 aromatic heterocycles. The van der Waals surface area contributed by atoms with Gasteiger partial charge in [0.05, 0.1) is 6.04 Å². The number of carbonyl (C=O) groups is 2. The zero-order chi connectivity index (χ0) is 23.1. The molecule has 2 amide bonds. The molecule has 0 radical (unpaired) electrons. The van der Waals surface area contributed by atoms with Gasteiger partial charge in [-0.3, -0.25) is 9.59 Å². The zero-order valence-corrected chi connectivity index (χ0v) is 20.9. The van der Waals surface area contributed by atoms with Crippen molar-refractivity contribution in [1.29, 1.82) is 0 Å². The molecule has 1 aliphatic heterocycles. The molecule has 174 valence electrons. The number of fused-ring (bicyclic) bond motifs is 1. The second-order valence-corrected chi connectivity index (χ2v) is 10.2. The minimum atomic E-state index is -0.0729. The maximum Gasteiger partial charge on any atom is 0.243 e. The first-order chi connectivity index (χ1) is 15.4. The number of carbonyl (C=O) groups excluding carboxylic acids is 2. The van der Waals surface area contributed by atoms with Crippen molar-refractivity contribution in [3.63, 3.8) is 0 Å². The van der Waals surface area contributed by atoms with E-state index in [1.807, 2.05) is 18.7 Å². The van der Waals surface area contributed by atoms with Gasteiger partial charge in [-0.05, 0) is 56.2 Å². The first-order valence-corrected chi connectivity index (χ1v) is 13.0. The highest BCUT2D eigenvalue weighted by Gasteiger charge is 2.34. The van der Waals surface area contributed by atoms with Gasteiger partial charge in [-0.2, -0.15) is 0 Å². The maximum absolute atomic E-state index is 13.6. The van der Waals surface area contributed by atoms with Gasteiger partial charge < -0.3 is 9.80 Å². The zero-order valence-electron chi connectivity index (χ0n) is 20.1. The Hall–Kier alpha value is -2.14. The van der Waals surface area contributed by atoms with Gasteiger partial charge in [0.1, 0.15) is 6.54 Å². The standard InChI is InChI=1S/C27H38N2O2S/c1-5-6-7-8-9-10-25(30)29(20(2)3)19-26(31)28-17-15-24-23(16-18-32-24)27(28)22-13-11-21(4)12-14-22/h11-14,16,18,20,27H,5-10,15,17,19H2,1-4H3. The minimum Gasteiger partial charge on any atom is -0.331 e. The van der Waals surface area contributed by atoms with Gasteiger partial charge in [0.2, 0.25) is 11.8 Å². The highest BCUT2D eigenvalue weighted by Crippen LogP contribution is 2.38. The summed E-state index contributed by atoms with van der Waals surface area (Å²) in [5.74, 6) is 0.144. The van der Waals surface area contributed by atoms with E-state index in [4.69, 9.17) is 0 Å². The third-order valence-electron chi connectivity index (χ3n) is 6.42. The van der Waals surface area contributed by atoms with Crippen LogP contribution in [0.15, 0.2) is 35.7 Å². The van der Waals surface area contributed by atoms with Crippen LogP contribution < -0.4 is 0 Å². The molecule has 5 heteroatoms. The molecule has 4 nitrogen and oxygen atoms in total. The minimum absolute atomic E-state index is 0.0152. The number of amides is 2. The molecule has 2 heterocycles. The van der Waals surface area contributed by atoms with E-state index in [1.54, 1.807) is 16.2 Å². The molecule has 1 atom stereocenters. The molecule has 2 aromatic rings. The van der Waals surface area contributed by atoms with Crippen LogP contribution in [0.4, 0.5) is 0 Å². The summed E-state index contributed by atoms with van der Waals surface area (Å²) >= 11 is 1.78. The summed E-state index contributed by atoms with van der Waals surface area (Å²) in [5.41, 5.74) is 3.59. The third kappa shape index (κ3) is 6.00. The molecule has 3 rings (SSSR count). The smallest absolute Gasteiger partial charge is 0.243 e. The van der Waals surface area contributed by atoms with E-state index in [1.165, 1.54) is 35.3 Å². The van der Waals surface area contributed by atoms with Gasteiger partial charge in [0, 0.05) is 23.9 Å². The van der Waals surface area contributed by atoms with Crippen LogP contribution in [0.25, 0.3) is 0 Å². The van der Waals surface area contributed by atoms with Gasteiger partial charge in [-0.15, -0.1) is 11.3 Å². The third-order valence-corrected chi connectivity index (χ3v) is 7.42. The average Bonchev–Trinajstić information content (AvgIpc) is 3.25. The lowest BCUT2D eigenvalue weighted by Crippen LogP contribution is -2.48. The molecule has 0 saturated heterocycles. The summed E-state index contributed by atoms with van der Waals surface area (Å²) < 4.78 is 0. The molecule has 1 unspecified atom stereocenters. The van der Waals surface area contributed by atoms with E-state index in [9.17, 15) is 9.59 Å². The summed E-state index contributed by atoms with van der Waals surface area (Å²) in [7, 11) is 0.